The summed E-state index contributed by atoms with van der Waals surface area (Å²) in [6.45, 7) is 6.28. The standard InChI is InChI=1S/C14H16N4OS2/c1-3-8-15-13-17-18-14(21-13)20-9-12(19)16-11-6-4-10(2)5-7-11/h3-7H,1,8-9H2,2H3,(H,15,17)(H,16,19). The summed E-state index contributed by atoms with van der Waals surface area (Å²) in [6.07, 6.45) is 1.75. The topological polar surface area (TPSA) is 66.9 Å². The number of benzene rings is 1. The first-order valence-corrected chi connectivity index (χ1v) is 8.15. The molecule has 110 valence electrons. The SMILES string of the molecule is C=CCNc1nnc(SCC(=O)Nc2ccc(C)cc2)s1. The zero-order valence-electron chi connectivity index (χ0n) is 11.6. The highest BCUT2D eigenvalue weighted by atomic mass is 32.2. The van der Waals surface area contributed by atoms with Crippen molar-refractivity contribution in [3.8, 4) is 0 Å². The summed E-state index contributed by atoms with van der Waals surface area (Å²) < 4.78 is 0.764. The van der Waals surface area contributed by atoms with Crippen molar-refractivity contribution in [3.05, 3.63) is 42.5 Å². The van der Waals surface area contributed by atoms with Gasteiger partial charge in [0, 0.05) is 12.2 Å². The van der Waals surface area contributed by atoms with Crippen LogP contribution in [0.3, 0.4) is 0 Å². The number of hydrogen-bond donors (Lipinski definition) is 2. The van der Waals surface area contributed by atoms with Gasteiger partial charge < -0.3 is 10.6 Å². The van der Waals surface area contributed by atoms with Crippen molar-refractivity contribution in [1.29, 1.82) is 0 Å². The van der Waals surface area contributed by atoms with Gasteiger partial charge in [0.25, 0.3) is 0 Å². The van der Waals surface area contributed by atoms with Crippen molar-refractivity contribution in [2.24, 2.45) is 0 Å². The summed E-state index contributed by atoms with van der Waals surface area (Å²) in [6, 6.07) is 7.70. The molecule has 0 bridgehead atoms. The van der Waals surface area contributed by atoms with Crippen molar-refractivity contribution in [3.63, 3.8) is 0 Å². The first-order chi connectivity index (χ1) is 10.2. The molecule has 1 heterocycles. The molecule has 5 nitrogen and oxygen atoms in total. The molecule has 0 saturated carbocycles. The zero-order chi connectivity index (χ0) is 15.1. The second-order valence-corrected chi connectivity index (χ2v) is 6.45. The minimum Gasteiger partial charge on any atom is -0.357 e. The van der Waals surface area contributed by atoms with E-state index in [1.807, 2.05) is 31.2 Å². The second-order valence-electron chi connectivity index (χ2n) is 4.25. The molecule has 2 N–H and O–H groups in total. The summed E-state index contributed by atoms with van der Waals surface area (Å²) in [5.41, 5.74) is 1.97. The Morgan fingerprint density at radius 3 is 2.86 bits per heavy atom. The molecule has 2 aromatic rings. The van der Waals surface area contributed by atoms with Gasteiger partial charge in [-0.1, -0.05) is 46.9 Å². The molecule has 0 radical (unpaired) electrons. The fourth-order valence-electron chi connectivity index (χ4n) is 1.46. The maximum absolute atomic E-state index is 11.8. The normalized spacial score (nSPS) is 10.1. The molecular weight excluding hydrogens is 304 g/mol. The van der Waals surface area contributed by atoms with Crippen LogP contribution in [0.5, 0.6) is 0 Å². The number of carbonyl (C=O) groups is 1. The van der Waals surface area contributed by atoms with Crippen LogP contribution in [-0.2, 0) is 4.79 Å². The van der Waals surface area contributed by atoms with E-state index in [1.54, 1.807) is 6.08 Å². The average molecular weight is 320 g/mol. The van der Waals surface area contributed by atoms with Crippen molar-refractivity contribution in [2.45, 2.75) is 11.3 Å². The molecule has 0 aliphatic heterocycles. The Morgan fingerprint density at radius 2 is 2.14 bits per heavy atom. The molecule has 7 heteroatoms. The molecule has 0 saturated heterocycles. The molecule has 2 rings (SSSR count). The minimum absolute atomic E-state index is 0.0559. The van der Waals surface area contributed by atoms with Crippen LogP contribution in [0, 0.1) is 6.92 Å². The number of aryl methyl sites for hydroxylation is 1. The number of amides is 1. The molecule has 0 aliphatic rings. The lowest BCUT2D eigenvalue weighted by Gasteiger charge is -2.04. The van der Waals surface area contributed by atoms with Gasteiger partial charge >= 0.3 is 0 Å². The fraction of sp³-hybridized carbons (Fsp3) is 0.214. The van der Waals surface area contributed by atoms with Crippen LogP contribution in [0.4, 0.5) is 10.8 Å². The van der Waals surface area contributed by atoms with Gasteiger partial charge in [0.15, 0.2) is 4.34 Å². The Morgan fingerprint density at radius 1 is 1.38 bits per heavy atom. The van der Waals surface area contributed by atoms with Crippen LogP contribution in [0.2, 0.25) is 0 Å². The first kappa shape index (κ1) is 15.5. The van der Waals surface area contributed by atoms with E-state index >= 15 is 0 Å². The summed E-state index contributed by atoms with van der Waals surface area (Å²) in [5.74, 6) is 0.254. The number of nitrogens with zero attached hydrogens (tertiary/aromatic N) is 2. The average Bonchev–Trinajstić information content (AvgIpc) is 2.93. The number of nitrogens with one attached hydrogen (secondary N) is 2. The van der Waals surface area contributed by atoms with Gasteiger partial charge in [-0.15, -0.1) is 16.8 Å². The van der Waals surface area contributed by atoms with Crippen LogP contribution in [0.25, 0.3) is 0 Å². The molecule has 1 aromatic carbocycles. The first-order valence-electron chi connectivity index (χ1n) is 6.35. The number of aromatic nitrogens is 2. The molecule has 0 fully saturated rings. The lowest BCUT2D eigenvalue weighted by molar-refractivity contribution is -0.113. The third kappa shape index (κ3) is 5.20. The summed E-state index contributed by atoms with van der Waals surface area (Å²) in [7, 11) is 0. The van der Waals surface area contributed by atoms with Crippen LogP contribution in [0.1, 0.15) is 5.56 Å². The quantitative estimate of drug-likeness (QED) is 0.606. The smallest absolute Gasteiger partial charge is 0.234 e. The Hall–Kier alpha value is -1.86. The van der Waals surface area contributed by atoms with Gasteiger partial charge in [-0.25, -0.2) is 0 Å². The van der Waals surface area contributed by atoms with E-state index in [-0.39, 0.29) is 5.91 Å². The van der Waals surface area contributed by atoms with Gasteiger partial charge in [0.1, 0.15) is 0 Å². The monoisotopic (exact) mass is 320 g/mol. The lowest BCUT2D eigenvalue weighted by Crippen LogP contribution is -2.13. The third-order valence-electron chi connectivity index (χ3n) is 2.47. The van der Waals surface area contributed by atoms with E-state index < -0.39 is 0 Å². The van der Waals surface area contributed by atoms with Gasteiger partial charge in [-0.05, 0) is 19.1 Å². The van der Waals surface area contributed by atoms with E-state index in [9.17, 15) is 4.79 Å². The van der Waals surface area contributed by atoms with Crippen molar-refractivity contribution in [2.75, 3.05) is 22.9 Å². The molecule has 0 atom stereocenters. The minimum atomic E-state index is -0.0559. The maximum Gasteiger partial charge on any atom is 0.234 e. The van der Waals surface area contributed by atoms with E-state index in [2.05, 4.69) is 27.4 Å². The molecule has 0 unspecified atom stereocenters. The molecule has 21 heavy (non-hydrogen) atoms. The highest BCUT2D eigenvalue weighted by molar-refractivity contribution is 8.01. The number of hydrogen-bond acceptors (Lipinski definition) is 6. The summed E-state index contributed by atoms with van der Waals surface area (Å²) >= 11 is 2.80. The predicted octanol–water partition coefficient (Wildman–Crippen LogP) is 3.18. The third-order valence-corrected chi connectivity index (χ3v) is 4.48. The Balaban J connectivity index is 1.79. The van der Waals surface area contributed by atoms with Gasteiger partial charge in [-0.2, -0.15) is 0 Å². The predicted molar refractivity (Wildman–Crippen MR) is 89.1 cm³/mol. The van der Waals surface area contributed by atoms with E-state index in [0.29, 0.717) is 12.3 Å². The second kappa shape index (κ2) is 7.80. The van der Waals surface area contributed by atoms with Gasteiger partial charge in [-0.3, -0.25) is 4.79 Å². The Kier molecular flexibility index (Phi) is 5.77. The van der Waals surface area contributed by atoms with Crippen LogP contribution < -0.4 is 10.6 Å². The van der Waals surface area contributed by atoms with Crippen molar-refractivity contribution >= 4 is 39.8 Å². The van der Waals surface area contributed by atoms with Crippen LogP contribution in [0.15, 0.2) is 41.3 Å². The largest absolute Gasteiger partial charge is 0.357 e. The summed E-state index contributed by atoms with van der Waals surface area (Å²) in [5, 5.41) is 14.6. The number of rotatable bonds is 7. The highest BCUT2D eigenvalue weighted by Gasteiger charge is 2.08. The van der Waals surface area contributed by atoms with E-state index in [0.717, 1.165) is 20.7 Å². The van der Waals surface area contributed by atoms with Crippen LogP contribution >= 0.6 is 23.1 Å². The number of carbonyl (C=O) groups excluding carboxylic acids is 1. The van der Waals surface area contributed by atoms with Gasteiger partial charge in [0.2, 0.25) is 11.0 Å². The van der Waals surface area contributed by atoms with Gasteiger partial charge in [0.05, 0.1) is 5.75 Å². The van der Waals surface area contributed by atoms with E-state index in [1.165, 1.54) is 23.1 Å². The van der Waals surface area contributed by atoms with Crippen molar-refractivity contribution in [1.82, 2.24) is 10.2 Å². The number of anilines is 2. The molecule has 1 amide bonds. The summed E-state index contributed by atoms with van der Waals surface area (Å²) in [4.78, 5) is 11.8. The van der Waals surface area contributed by atoms with E-state index in [4.69, 9.17) is 0 Å². The molecule has 0 spiro atoms. The zero-order valence-corrected chi connectivity index (χ0v) is 13.3. The van der Waals surface area contributed by atoms with Crippen LogP contribution in [-0.4, -0.2) is 28.4 Å². The maximum atomic E-state index is 11.8. The lowest BCUT2D eigenvalue weighted by atomic mass is 10.2. The molecular formula is C14H16N4OS2. The molecule has 1 aromatic heterocycles. The Bertz CT molecular complexity index is 610. The highest BCUT2D eigenvalue weighted by Crippen LogP contribution is 2.25. The number of thioether (sulfide) groups is 1. The Labute approximate surface area is 131 Å². The fourth-order valence-corrected chi connectivity index (χ4v) is 3.02. The van der Waals surface area contributed by atoms with Crippen molar-refractivity contribution < 1.29 is 4.79 Å². The molecule has 0 aliphatic carbocycles.